The van der Waals surface area contributed by atoms with Crippen LogP contribution in [0.3, 0.4) is 0 Å². The smallest absolute Gasteiger partial charge is 0.418 e. The van der Waals surface area contributed by atoms with Gasteiger partial charge < -0.3 is 9.30 Å². The molecule has 0 bridgehead atoms. The van der Waals surface area contributed by atoms with Crippen LogP contribution in [0.2, 0.25) is 0 Å². The number of ether oxygens (including phenoxy) is 1. The van der Waals surface area contributed by atoms with Crippen LogP contribution in [0.4, 0.5) is 4.79 Å². The summed E-state index contributed by atoms with van der Waals surface area (Å²) in [5.74, 6) is 0. The van der Waals surface area contributed by atoms with Crippen molar-refractivity contribution in [1.82, 2.24) is 9.13 Å². The molecule has 0 radical (unpaired) electrons. The first-order valence-corrected chi connectivity index (χ1v) is 8.65. The van der Waals surface area contributed by atoms with E-state index in [1.807, 2.05) is 51.1 Å². The second-order valence-electron chi connectivity index (χ2n) is 7.21. The fraction of sp³-hybridized carbons (Fsp3) is 0.227. The molecule has 0 unspecified atom stereocenters. The van der Waals surface area contributed by atoms with Gasteiger partial charge in [0.05, 0.1) is 5.52 Å². The van der Waals surface area contributed by atoms with Gasteiger partial charge in [0.1, 0.15) is 5.60 Å². The summed E-state index contributed by atoms with van der Waals surface area (Å²) in [5, 5.41) is 2.35. The molecule has 4 rings (SSSR count). The van der Waals surface area contributed by atoms with Crippen LogP contribution in [0.5, 0.6) is 0 Å². The number of fused-ring (bicyclic) bond motifs is 2. The van der Waals surface area contributed by atoms with E-state index in [1.165, 1.54) is 15.5 Å². The molecule has 4 aromatic rings. The van der Waals surface area contributed by atoms with Gasteiger partial charge in [-0.3, -0.25) is 4.57 Å². The topological polar surface area (TPSA) is 36.2 Å². The normalized spacial score (nSPS) is 11.2. The quantitative estimate of drug-likeness (QED) is 0.414. The van der Waals surface area contributed by atoms with Gasteiger partial charge in [0.25, 0.3) is 0 Å². The number of nitrogens with zero attached hydrogens (tertiary/aromatic N) is 2. The molecule has 2 aromatic carbocycles. The molecule has 26 heavy (non-hydrogen) atoms. The lowest BCUT2D eigenvalue weighted by molar-refractivity contribution is 0.0544. The van der Waals surface area contributed by atoms with E-state index in [1.54, 1.807) is 6.20 Å². The fourth-order valence-electron chi connectivity index (χ4n) is 2.78. The largest absolute Gasteiger partial charge is 0.443 e. The molecule has 0 aliphatic rings. The van der Waals surface area contributed by atoms with E-state index < -0.39 is 5.60 Å². The lowest BCUT2D eigenvalue weighted by Gasteiger charge is -2.19. The monoisotopic (exact) mass is 348 g/mol. The second-order valence-corrected chi connectivity index (χ2v) is 7.21. The molecule has 134 valence electrons. The number of hydrogen-bond donors (Lipinski definition) is 0. The van der Waals surface area contributed by atoms with Gasteiger partial charge in [0, 0.05) is 30.3 Å². The van der Waals surface area contributed by atoms with Crippen LogP contribution in [0.15, 0.2) is 73.1 Å². The zero-order valence-corrected chi connectivity index (χ0v) is 15.6. The Kier molecular flexibility index (Phi) is 4.85. The molecule has 0 fully saturated rings. The molecule has 0 spiro atoms. The van der Waals surface area contributed by atoms with Crippen molar-refractivity contribution in [1.29, 1.82) is 0 Å². The Balaban J connectivity index is 0.000000167. The molecular formula is C22H24N2O2. The van der Waals surface area contributed by atoms with Crippen molar-refractivity contribution in [2.24, 2.45) is 7.05 Å². The Morgan fingerprint density at radius 1 is 0.808 bits per heavy atom. The minimum Gasteiger partial charge on any atom is -0.443 e. The van der Waals surface area contributed by atoms with Gasteiger partial charge in [-0.1, -0.05) is 36.4 Å². The zero-order valence-electron chi connectivity index (χ0n) is 15.6. The minimum absolute atomic E-state index is 0.339. The van der Waals surface area contributed by atoms with Crippen molar-refractivity contribution in [3.63, 3.8) is 0 Å². The highest BCUT2D eigenvalue weighted by Crippen LogP contribution is 2.17. The molecular weight excluding hydrogens is 324 g/mol. The average Bonchev–Trinajstić information content (AvgIpc) is 3.18. The number of rotatable bonds is 0. The van der Waals surface area contributed by atoms with Crippen molar-refractivity contribution in [2.45, 2.75) is 26.4 Å². The van der Waals surface area contributed by atoms with E-state index in [9.17, 15) is 4.79 Å². The van der Waals surface area contributed by atoms with E-state index in [0.717, 1.165) is 10.9 Å². The van der Waals surface area contributed by atoms with E-state index in [4.69, 9.17) is 4.74 Å². The van der Waals surface area contributed by atoms with Gasteiger partial charge in [-0.2, -0.15) is 0 Å². The van der Waals surface area contributed by atoms with Crippen LogP contribution in [0.1, 0.15) is 20.8 Å². The molecule has 0 atom stereocenters. The number of aromatic nitrogens is 2. The Morgan fingerprint density at radius 3 is 1.96 bits per heavy atom. The molecule has 4 heteroatoms. The molecule has 0 aliphatic carbocycles. The van der Waals surface area contributed by atoms with Crippen molar-refractivity contribution < 1.29 is 9.53 Å². The molecule has 2 heterocycles. The van der Waals surface area contributed by atoms with Crippen LogP contribution in [-0.2, 0) is 11.8 Å². The van der Waals surface area contributed by atoms with E-state index in [-0.39, 0.29) is 6.09 Å². The van der Waals surface area contributed by atoms with Gasteiger partial charge in [0.15, 0.2) is 0 Å². The average molecular weight is 348 g/mol. The first-order chi connectivity index (χ1) is 12.3. The molecule has 0 aliphatic heterocycles. The Labute approximate surface area is 153 Å². The van der Waals surface area contributed by atoms with Gasteiger partial charge >= 0.3 is 6.09 Å². The van der Waals surface area contributed by atoms with Gasteiger partial charge in [-0.05, 0) is 50.4 Å². The fourth-order valence-corrected chi connectivity index (χ4v) is 2.78. The first-order valence-electron chi connectivity index (χ1n) is 8.65. The third-order valence-corrected chi connectivity index (χ3v) is 3.98. The summed E-state index contributed by atoms with van der Waals surface area (Å²) in [6.45, 7) is 5.57. The number of aryl methyl sites for hydroxylation is 1. The number of carbonyl (C=O) groups is 1. The predicted molar refractivity (Wildman–Crippen MR) is 106 cm³/mol. The van der Waals surface area contributed by atoms with E-state index >= 15 is 0 Å². The molecule has 0 N–H and O–H groups in total. The Hall–Kier alpha value is -3.01. The third-order valence-electron chi connectivity index (χ3n) is 3.98. The van der Waals surface area contributed by atoms with Gasteiger partial charge in [-0.25, -0.2) is 4.79 Å². The highest BCUT2D eigenvalue weighted by Gasteiger charge is 2.18. The van der Waals surface area contributed by atoms with Crippen molar-refractivity contribution in [3.05, 3.63) is 73.1 Å². The lowest BCUT2D eigenvalue weighted by atomic mass is 10.2. The predicted octanol–water partition coefficient (Wildman–Crippen LogP) is 5.60. The summed E-state index contributed by atoms with van der Waals surface area (Å²) in [6.07, 6.45) is 3.47. The lowest BCUT2D eigenvalue weighted by Crippen LogP contribution is -2.26. The SMILES string of the molecule is CC(C)(C)OC(=O)n1ccc2ccccc21.Cn1ccc2ccccc21. The summed E-state index contributed by atoms with van der Waals surface area (Å²) in [6, 6.07) is 20.1. The maximum absolute atomic E-state index is 11.9. The summed E-state index contributed by atoms with van der Waals surface area (Å²) in [4.78, 5) is 11.9. The van der Waals surface area contributed by atoms with Crippen LogP contribution in [0.25, 0.3) is 21.8 Å². The second kappa shape index (κ2) is 7.08. The first kappa shape index (κ1) is 17.8. The summed E-state index contributed by atoms with van der Waals surface area (Å²) in [7, 11) is 2.06. The zero-order chi connectivity index (χ0) is 18.7. The standard InChI is InChI=1S/C13H15NO2.C9H9N/c1-13(2,3)16-12(15)14-9-8-10-6-4-5-7-11(10)14;1-10-7-6-8-4-2-3-5-9(8)10/h4-9H,1-3H3;2-7H,1H3. The number of benzene rings is 2. The number of hydrogen-bond acceptors (Lipinski definition) is 2. The maximum atomic E-state index is 11.9. The Morgan fingerprint density at radius 2 is 1.35 bits per heavy atom. The van der Waals surface area contributed by atoms with Crippen LogP contribution in [0, 0.1) is 0 Å². The summed E-state index contributed by atoms with van der Waals surface area (Å²) < 4.78 is 8.96. The van der Waals surface area contributed by atoms with Crippen LogP contribution < -0.4 is 0 Å². The highest BCUT2D eigenvalue weighted by molar-refractivity contribution is 5.89. The van der Waals surface area contributed by atoms with Gasteiger partial charge in [-0.15, -0.1) is 0 Å². The van der Waals surface area contributed by atoms with Crippen molar-refractivity contribution in [3.8, 4) is 0 Å². The highest BCUT2D eigenvalue weighted by atomic mass is 16.6. The van der Waals surface area contributed by atoms with E-state index in [0.29, 0.717) is 0 Å². The van der Waals surface area contributed by atoms with Crippen LogP contribution in [-0.4, -0.2) is 20.8 Å². The third kappa shape index (κ3) is 3.97. The number of para-hydroxylation sites is 2. The summed E-state index contributed by atoms with van der Waals surface area (Å²) >= 11 is 0. The minimum atomic E-state index is -0.470. The number of carbonyl (C=O) groups excluding carboxylic acids is 1. The molecule has 0 saturated carbocycles. The van der Waals surface area contributed by atoms with Crippen molar-refractivity contribution >= 4 is 27.9 Å². The molecule has 4 nitrogen and oxygen atoms in total. The molecule has 2 aromatic heterocycles. The molecule has 0 amide bonds. The van der Waals surface area contributed by atoms with E-state index in [2.05, 4.69) is 48.1 Å². The Bertz CT molecular complexity index is 1030. The molecule has 0 saturated heterocycles. The summed E-state index contributed by atoms with van der Waals surface area (Å²) in [5.41, 5.74) is 1.70. The van der Waals surface area contributed by atoms with Crippen LogP contribution >= 0.6 is 0 Å². The maximum Gasteiger partial charge on any atom is 0.418 e. The van der Waals surface area contributed by atoms with Crippen molar-refractivity contribution in [2.75, 3.05) is 0 Å². The van der Waals surface area contributed by atoms with Gasteiger partial charge in [0.2, 0.25) is 0 Å².